The van der Waals surface area contributed by atoms with Crippen LogP contribution >= 0.6 is 0 Å². The topological polar surface area (TPSA) is 37.4 Å². The van der Waals surface area contributed by atoms with Crippen molar-refractivity contribution in [1.82, 2.24) is 0 Å². The molecule has 1 atom stereocenters. The van der Waals surface area contributed by atoms with Crippen LogP contribution in [0.25, 0.3) is 0 Å². The van der Waals surface area contributed by atoms with Crippen LogP contribution in [0.1, 0.15) is 48.3 Å². The maximum atomic E-state index is 13.4. The summed E-state index contributed by atoms with van der Waals surface area (Å²) in [4.78, 5) is 27.8. The summed E-state index contributed by atoms with van der Waals surface area (Å²) in [7, 11) is 0. The minimum atomic E-state index is -0.318. The molecule has 0 fully saturated rings. The van der Waals surface area contributed by atoms with Gasteiger partial charge in [0.1, 0.15) is 5.82 Å². The van der Waals surface area contributed by atoms with Crippen molar-refractivity contribution in [1.29, 1.82) is 0 Å². The summed E-state index contributed by atoms with van der Waals surface area (Å²) >= 11 is 0. The Kier molecular flexibility index (Phi) is 4.42. The molecule has 2 aliphatic rings. The number of aryl methyl sites for hydroxylation is 1. The van der Waals surface area contributed by atoms with Crippen molar-refractivity contribution in [2.24, 2.45) is 0 Å². The van der Waals surface area contributed by atoms with E-state index in [2.05, 4.69) is 0 Å². The van der Waals surface area contributed by atoms with Crippen LogP contribution in [0.5, 0.6) is 0 Å². The number of allylic oxidation sites excluding steroid dienone is 2. The van der Waals surface area contributed by atoms with Gasteiger partial charge in [0.25, 0.3) is 0 Å². The highest BCUT2D eigenvalue weighted by molar-refractivity contribution is 6.07. The van der Waals surface area contributed by atoms with Gasteiger partial charge in [-0.2, -0.15) is 0 Å². The number of carbonyl (C=O) groups excluding carboxylic acids is 2. The van der Waals surface area contributed by atoms with Gasteiger partial charge in [-0.25, -0.2) is 4.39 Å². The molecule has 0 bridgehead atoms. The summed E-state index contributed by atoms with van der Waals surface area (Å²) in [5.41, 5.74) is 5.41. The lowest BCUT2D eigenvalue weighted by atomic mass is 9.77. The van der Waals surface area contributed by atoms with E-state index in [1.54, 1.807) is 17.0 Å². The molecule has 2 aromatic carbocycles. The first-order chi connectivity index (χ1) is 13.0. The Morgan fingerprint density at radius 2 is 1.74 bits per heavy atom. The maximum Gasteiger partial charge on any atom is 0.232 e. The Hall–Kier alpha value is -2.75. The molecule has 1 amide bonds. The lowest BCUT2D eigenvalue weighted by molar-refractivity contribution is -0.119. The van der Waals surface area contributed by atoms with Crippen LogP contribution in [0.4, 0.5) is 10.1 Å². The first-order valence-electron chi connectivity index (χ1n) is 9.38. The van der Waals surface area contributed by atoms with Gasteiger partial charge in [-0.05, 0) is 61.6 Å². The molecule has 0 saturated heterocycles. The van der Waals surface area contributed by atoms with Crippen LogP contribution in [-0.2, 0) is 9.59 Å². The number of amides is 1. The fourth-order valence-electron chi connectivity index (χ4n) is 4.23. The largest absolute Gasteiger partial charge is 0.294 e. The molecule has 0 spiro atoms. The fourth-order valence-corrected chi connectivity index (χ4v) is 4.23. The number of hydrogen-bond donors (Lipinski definition) is 0. The van der Waals surface area contributed by atoms with E-state index in [-0.39, 0.29) is 29.8 Å². The number of halogens is 1. The normalized spacial score (nSPS) is 20.1. The summed E-state index contributed by atoms with van der Waals surface area (Å²) in [5, 5.41) is 0. The minimum Gasteiger partial charge on any atom is -0.294 e. The van der Waals surface area contributed by atoms with Crippen molar-refractivity contribution >= 4 is 17.4 Å². The summed E-state index contributed by atoms with van der Waals surface area (Å²) in [5.74, 6) is -0.510. The molecule has 1 aliphatic heterocycles. The summed E-state index contributed by atoms with van der Waals surface area (Å²) in [6.45, 7) is 4.03. The van der Waals surface area contributed by atoms with E-state index in [4.69, 9.17) is 0 Å². The van der Waals surface area contributed by atoms with E-state index in [1.807, 2.05) is 32.0 Å². The van der Waals surface area contributed by atoms with Crippen LogP contribution < -0.4 is 4.90 Å². The minimum absolute atomic E-state index is 0.00789. The Morgan fingerprint density at radius 3 is 2.48 bits per heavy atom. The SMILES string of the molecule is Cc1cccc(N2C(=O)CC(c3ccc(F)cc3)C3=C2CCCC3=O)c1C. The van der Waals surface area contributed by atoms with Gasteiger partial charge in [-0.3, -0.25) is 14.5 Å². The van der Waals surface area contributed by atoms with Crippen molar-refractivity contribution in [3.63, 3.8) is 0 Å². The van der Waals surface area contributed by atoms with E-state index in [9.17, 15) is 14.0 Å². The monoisotopic (exact) mass is 363 g/mol. The Labute approximate surface area is 158 Å². The lowest BCUT2D eigenvalue weighted by Gasteiger charge is -2.39. The third kappa shape index (κ3) is 2.99. The van der Waals surface area contributed by atoms with Gasteiger partial charge in [0, 0.05) is 30.0 Å². The second-order valence-corrected chi connectivity index (χ2v) is 7.39. The number of carbonyl (C=O) groups is 2. The number of hydrogen-bond acceptors (Lipinski definition) is 2. The Bertz CT molecular complexity index is 959. The van der Waals surface area contributed by atoms with Crippen molar-refractivity contribution < 1.29 is 14.0 Å². The highest BCUT2D eigenvalue weighted by Crippen LogP contribution is 2.44. The Balaban J connectivity index is 1.88. The van der Waals surface area contributed by atoms with Gasteiger partial charge >= 0.3 is 0 Å². The molecule has 0 aromatic heterocycles. The third-order valence-electron chi connectivity index (χ3n) is 5.76. The molecule has 4 rings (SSSR count). The number of Topliss-reactive ketones (excluding diaryl/α,β-unsaturated/α-hetero) is 1. The first-order valence-corrected chi connectivity index (χ1v) is 9.38. The standard InChI is InChI=1S/C23H22FNO2/c1-14-5-3-6-19(15(14)2)25-20-7-4-8-21(26)23(20)18(13-22(25)27)16-9-11-17(24)12-10-16/h3,5-6,9-12,18H,4,7-8,13H2,1-2H3. The highest BCUT2D eigenvalue weighted by atomic mass is 19.1. The second-order valence-electron chi connectivity index (χ2n) is 7.39. The smallest absolute Gasteiger partial charge is 0.232 e. The maximum absolute atomic E-state index is 13.4. The van der Waals surface area contributed by atoms with Crippen LogP contribution in [0.2, 0.25) is 0 Å². The molecule has 0 N–H and O–H groups in total. The number of benzene rings is 2. The zero-order valence-corrected chi connectivity index (χ0v) is 15.6. The highest BCUT2D eigenvalue weighted by Gasteiger charge is 2.40. The summed E-state index contributed by atoms with van der Waals surface area (Å²) in [6.07, 6.45) is 2.19. The van der Waals surface area contributed by atoms with E-state index < -0.39 is 0 Å². The van der Waals surface area contributed by atoms with Gasteiger partial charge in [0.05, 0.1) is 5.69 Å². The van der Waals surface area contributed by atoms with Gasteiger partial charge in [-0.15, -0.1) is 0 Å². The second kappa shape index (κ2) is 6.76. The van der Waals surface area contributed by atoms with Crippen molar-refractivity contribution in [2.45, 2.75) is 45.4 Å². The average Bonchev–Trinajstić information content (AvgIpc) is 2.65. The van der Waals surface area contributed by atoms with E-state index in [0.717, 1.165) is 40.1 Å². The molecule has 0 saturated carbocycles. The molecule has 27 heavy (non-hydrogen) atoms. The van der Waals surface area contributed by atoms with Gasteiger partial charge < -0.3 is 0 Å². The molecule has 1 unspecified atom stereocenters. The quantitative estimate of drug-likeness (QED) is 0.755. The molecular weight excluding hydrogens is 341 g/mol. The van der Waals surface area contributed by atoms with Crippen molar-refractivity contribution in [2.75, 3.05) is 4.90 Å². The number of nitrogens with zero attached hydrogens (tertiary/aromatic N) is 1. The fraction of sp³-hybridized carbons (Fsp3) is 0.304. The number of rotatable bonds is 2. The predicted molar refractivity (Wildman–Crippen MR) is 103 cm³/mol. The molecular formula is C23H22FNO2. The number of ketones is 1. The molecule has 2 aromatic rings. The molecule has 138 valence electrons. The van der Waals surface area contributed by atoms with Gasteiger partial charge in [-0.1, -0.05) is 24.3 Å². The zero-order valence-electron chi connectivity index (χ0n) is 15.6. The molecule has 1 heterocycles. The van der Waals surface area contributed by atoms with E-state index >= 15 is 0 Å². The third-order valence-corrected chi connectivity index (χ3v) is 5.76. The molecule has 4 heteroatoms. The Morgan fingerprint density at radius 1 is 1.00 bits per heavy atom. The number of anilines is 1. The van der Waals surface area contributed by atoms with E-state index in [0.29, 0.717) is 12.8 Å². The van der Waals surface area contributed by atoms with Crippen molar-refractivity contribution in [3.05, 3.63) is 76.2 Å². The van der Waals surface area contributed by atoms with Crippen LogP contribution in [-0.4, -0.2) is 11.7 Å². The lowest BCUT2D eigenvalue weighted by Crippen LogP contribution is -2.41. The van der Waals surface area contributed by atoms with Crippen LogP contribution in [0, 0.1) is 19.7 Å². The van der Waals surface area contributed by atoms with Crippen LogP contribution in [0.15, 0.2) is 53.7 Å². The first kappa shape index (κ1) is 17.7. The van der Waals surface area contributed by atoms with Crippen LogP contribution in [0.3, 0.4) is 0 Å². The van der Waals surface area contributed by atoms with Crippen molar-refractivity contribution in [3.8, 4) is 0 Å². The van der Waals surface area contributed by atoms with E-state index in [1.165, 1.54) is 12.1 Å². The summed E-state index contributed by atoms with van der Waals surface area (Å²) < 4.78 is 13.4. The molecule has 1 aliphatic carbocycles. The predicted octanol–water partition coefficient (Wildman–Crippen LogP) is 4.97. The van der Waals surface area contributed by atoms with Gasteiger partial charge in [0.15, 0.2) is 5.78 Å². The zero-order chi connectivity index (χ0) is 19.1. The average molecular weight is 363 g/mol. The summed E-state index contributed by atoms with van der Waals surface area (Å²) in [6, 6.07) is 12.1. The van der Waals surface area contributed by atoms with Gasteiger partial charge in [0.2, 0.25) is 5.91 Å². The molecule has 0 radical (unpaired) electrons. The molecule has 3 nitrogen and oxygen atoms in total.